The fourth-order valence-corrected chi connectivity index (χ4v) is 5.04. The quantitative estimate of drug-likeness (QED) is 0.870. The van der Waals surface area contributed by atoms with Crippen molar-refractivity contribution in [2.75, 3.05) is 26.4 Å². The SMILES string of the molecule is CNC(=O)c1c(C)nn2c1CC(C1CCN(S(C)(=O)=O)CC1)CC2. The topological polar surface area (TPSA) is 84.3 Å². The van der Waals surface area contributed by atoms with E-state index >= 15 is 0 Å². The zero-order valence-electron chi connectivity index (χ0n) is 14.6. The molecule has 0 radical (unpaired) electrons. The third-order valence-corrected chi connectivity index (χ3v) is 6.79. The van der Waals surface area contributed by atoms with E-state index in [-0.39, 0.29) is 5.91 Å². The van der Waals surface area contributed by atoms with E-state index in [4.69, 9.17) is 0 Å². The molecule has 7 nitrogen and oxygen atoms in total. The molecule has 1 aromatic rings. The fraction of sp³-hybridized carbons (Fsp3) is 0.750. The molecule has 0 spiro atoms. The second kappa shape index (κ2) is 6.48. The lowest BCUT2D eigenvalue weighted by atomic mass is 9.78. The Labute approximate surface area is 143 Å². The molecule has 0 aromatic carbocycles. The lowest BCUT2D eigenvalue weighted by Crippen LogP contribution is -2.40. The molecule has 1 aromatic heterocycles. The number of amides is 1. The van der Waals surface area contributed by atoms with Gasteiger partial charge in [-0.25, -0.2) is 12.7 Å². The van der Waals surface area contributed by atoms with Crippen LogP contribution in [0, 0.1) is 18.8 Å². The van der Waals surface area contributed by atoms with Gasteiger partial charge in [0.1, 0.15) is 0 Å². The highest BCUT2D eigenvalue weighted by Gasteiger charge is 2.34. The summed E-state index contributed by atoms with van der Waals surface area (Å²) in [5, 5.41) is 7.22. The molecule has 1 unspecified atom stereocenters. The minimum atomic E-state index is -3.08. The van der Waals surface area contributed by atoms with Crippen LogP contribution in [0.15, 0.2) is 0 Å². The Hall–Kier alpha value is -1.41. The number of fused-ring (bicyclic) bond motifs is 1. The third-order valence-electron chi connectivity index (χ3n) is 5.49. The van der Waals surface area contributed by atoms with Crippen molar-refractivity contribution in [3.8, 4) is 0 Å². The lowest BCUT2D eigenvalue weighted by molar-refractivity contribution is 0.0959. The van der Waals surface area contributed by atoms with Crippen molar-refractivity contribution in [1.29, 1.82) is 0 Å². The van der Waals surface area contributed by atoms with Crippen molar-refractivity contribution in [2.45, 2.75) is 39.2 Å². The van der Waals surface area contributed by atoms with Gasteiger partial charge in [-0.1, -0.05) is 0 Å². The molecule has 1 amide bonds. The molecule has 1 saturated heterocycles. The largest absolute Gasteiger partial charge is 0.355 e. The van der Waals surface area contributed by atoms with Gasteiger partial charge < -0.3 is 5.32 Å². The first kappa shape index (κ1) is 17.4. The smallest absolute Gasteiger partial charge is 0.254 e. The monoisotopic (exact) mass is 354 g/mol. The van der Waals surface area contributed by atoms with Crippen LogP contribution < -0.4 is 5.32 Å². The van der Waals surface area contributed by atoms with Crippen molar-refractivity contribution in [3.63, 3.8) is 0 Å². The van der Waals surface area contributed by atoms with E-state index in [1.807, 2.05) is 11.6 Å². The van der Waals surface area contributed by atoms with Crippen molar-refractivity contribution in [2.24, 2.45) is 11.8 Å². The first-order valence-electron chi connectivity index (χ1n) is 8.54. The number of nitrogens with one attached hydrogen (secondary N) is 1. The molecule has 24 heavy (non-hydrogen) atoms. The number of carbonyl (C=O) groups excluding carboxylic acids is 1. The Kier molecular flexibility index (Phi) is 4.70. The number of aromatic nitrogens is 2. The first-order valence-corrected chi connectivity index (χ1v) is 10.4. The van der Waals surface area contributed by atoms with Gasteiger partial charge >= 0.3 is 0 Å². The molecule has 8 heteroatoms. The van der Waals surface area contributed by atoms with Gasteiger partial charge in [0, 0.05) is 26.7 Å². The molecule has 0 bridgehead atoms. The van der Waals surface area contributed by atoms with Crippen LogP contribution >= 0.6 is 0 Å². The van der Waals surface area contributed by atoms with Crippen LogP contribution in [0.2, 0.25) is 0 Å². The average molecular weight is 354 g/mol. The third kappa shape index (κ3) is 3.21. The number of hydrogen-bond donors (Lipinski definition) is 1. The first-order chi connectivity index (χ1) is 11.3. The standard InChI is InChI=1S/C16H26N4O3S/c1-11-15(16(21)17-2)14-10-13(6-9-20(14)18-11)12-4-7-19(8-5-12)24(3,22)23/h12-13H,4-10H2,1-3H3,(H,17,21). The maximum atomic E-state index is 12.2. The van der Waals surface area contributed by atoms with Gasteiger partial charge in [0.15, 0.2) is 0 Å². The van der Waals surface area contributed by atoms with Crippen LogP contribution in [0.5, 0.6) is 0 Å². The number of hydrogen-bond acceptors (Lipinski definition) is 4. The molecular weight excluding hydrogens is 328 g/mol. The fourth-order valence-electron chi connectivity index (χ4n) is 4.16. The summed E-state index contributed by atoms with van der Waals surface area (Å²) in [5.41, 5.74) is 2.54. The van der Waals surface area contributed by atoms with Crippen LogP contribution in [0.1, 0.15) is 41.0 Å². The van der Waals surface area contributed by atoms with E-state index in [9.17, 15) is 13.2 Å². The van der Waals surface area contributed by atoms with Crippen molar-refractivity contribution >= 4 is 15.9 Å². The van der Waals surface area contributed by atoms with Gasteiger partial charge in [-0.3, -0.25) is 9.48 Å². The molecule has 134 valence electrons. The minimum absolute atomic E-state index is 0.0682. The number of aryl methyl sites for hydroxylation is 2. The second-order valence-corrected chi connectivity index (χ2v) is 8.94. The number of nitrogens with zero attached hydrogens (tertiary/aromatic N) is 3. The van der Waals surface area contributed by atoms with Crippen molar-refractivity contribution < 1.29 is 13.2 Å². The highest BCUT2D eigenvalue weighted by atomic mass is 32.2. The average Bonchev–Trinajstić information content (AvgIpc) is 2.88. The number of carbonyl (C=O) groups is 1. The summed E-state index contributed by atoms with van der Waals surface area (Å²) in [6, 6.07) is 0. The molecule has 2 aliphatic rings. The van der Waals surface area contributed by atoms with Crippen LogP contribution in [-0.2, 0) is 23.0 Å². The Morgan fingerprint density at radius 3 is 2.38 bits per heavy atom. The van der Waals surface area contributed by atoms with Crippen LogP contribution in [0.3, 0.4) is 0 Å². The molecule has 2 aliphatic heterocycles. The normalized spacial score (nSPS) is 23.0. The number of sulfonamides is 1. The van der Waals surface area contributed by atoms with Gasteiger partial charge in [-0.05, 0) is 44.4 Å². The van der Waals surface area contributed by atoms with Crippen LogP contribution in [-0.4, -0.2) is 54.8 Å². The van der Waals surface area contributed by atoms with Crippen LogP contribution in [0.25, 0.3) is 0 Å². The highest BCUT2D eigenvalue weighted by Crippen LogP contribution is 2.35. The Bertz CT molecular complexity index is 733. The zero-order valence-corrected chi connectivity index (χ0v) is 15.4. The molecule has 1 fully saturated rings. The van der Waals surface area contributed by atoms with Gasteiger partial charge in [0.2, 0.25) is 10.0 Å². The van der Waals surface area contributed by atoms with Gasteiger partial charge in [-0.15, -0.1) is 0 Å². The maximum absolute atomic E-state index is 12.2. The molecular formula is C16H26N4O3S. The summed E-state index contributed by atoms with van der Waals surface area (Å²) in [7, 11) is -1.43. The molecule has 3 heterocycles. The van der Waals surface area contributed by atoms with E-state index in [0.29, 0.717) is 24.9 Å². The van der Waals surface area contributed by atoms with Gasteiger partial charge in [-0.2, -0.15) is 5.10 Å². The number of rotatable bonds is 3. The van der Waals surface area contributed by atoms with E-state index < -0.39 is 10.0 Å². The van der Waals surface area contributed by atoms with E-state index in [0.717, 1.165) is 49.2 Å². The summed E-state index contributed by atoms with van der Waals surface area (Å²) < 4.78 is 26.9. The summed E-state index contributed by atoms with van der Waals surface area (Å²) in [6.45, 7) is 3.95. The molecule has 1 atom stereocenters. The summed E-state index contributed by atoms with van der Waals surface area (Å²) in [5.74, 6) is 0.949. The molecule has 0 saturated carbocycles. The Morgan fingerprint density at radius 2 is 1.79 bits per heavy atom. The van der Waals surface area contributed by atoms with Crippen molar-refractivity contribution in [3.05, 3.63) is 17.0 Å². The summed E-state index contributed by atoms with van der Waals surface area (Å²) in [6.07, 6.45) is 4.99. The molecule has 3 rings (SSSR count). The second-order valence-electron chi connectivity index (χ2n) is 6.96. The summed E-state index contributed by atoms with van der Waals surface area (Å²) in [4.78, 5) is 12.2. The predicted molar refractivity (Wildman–Crippen MR) is 91.3 cm³/mol. The van der Waals surface area contributed by atoms with Gasteiger partial charge in [0.05, 0.1) is 23.2 Å². The van der Waals surface area contributed by atoms with E-state index in [2.05, 4.69) is 10.4 Å². The Balaban J connectivity index is 1.73. The molecule has 1 N–H and O–H groups in total. The van der Waals surface area contributed by atoms with Gasteiger partial charge in [0.25, 0.3) is 5.91 Å². The van der Waals surface area contributed by atoms with Crippen LogP contribution in [0.4, 0.5) is 0 Å². The van der Waals surface area contributed by atoms with E-state index in [1.165, 1.54) is 6.26 Å². The minimum Gasteiger partial charge on any atom is -0.355 e. The van der Waals surface area contributed by atoms with E-state index in [1.54, 1.807) is 11.4 Å². The highest BCUT2D eigenvalue weighted by molar-refractivity contribution is 7.88. The predicted octanol–water partition coefficient (Wildman–Crippen LogP) is 0.785. The Morgan fingerprint density at radius 1 is 1.17 bits per heavy atom. The lowest BCUT2D eigenvalue weighted by Gasteiger charge is -2.36. The molecule has 0 aliphatic carbocycles. The summed E-state index contributed by atoms with van der Waals surface area (Å²) >= 11 is 0. The van der Waals surface area contributed by atoms with Crippen molar-refractivity contribution in [1.82, 2.24) is 19.4 Å². The zero-order chi connectivity index (χ0) is 17.5. The maximum Gasteiger partial charge on any atom is 0.254 e. The number of piperidine rings is 1.